The normalized spacial score (nSPS) is 11.3. The molecule has 0 aromatic carbocycles. The zero-order valence-corrected chi connectivity index (χ0v) is 10.9. The lowest BCUT2D eigenvalue weighted by atomic mass is 9.95. The summed E-state index contributed by atoms with van der Waals surface area (Å²) < 4.78 is 0. The zero-order chi connectivity index (χ0) is 12.3. The SMILES string of the molecule is Cc1ccc(NC(=O)C(C)(C)CCl)c(C)n1. The summed E-state index contributed by atoms with van der Waals surface area (Å²) >= 11 is 5.74. The van der Waals surface area contributed by atoms with Crippen molar-refractivity contribution in [2.75, 3.05) is 11.2 Å². The number of nitrogens with one attached hydrogen (secondary N) is 1. The van der Waals surface area contributed by atoms with E-state index in [0.717, 1.165) is 17.1 Å². The molecule has 0 unspecified atom stereocenters. The smallest absolute Gasteiger partial charge is 0.231 e. The van der Waals surface area contributed by atoms with Gasteiger partial charge in [-0.05, 0) is 39.8 Å². The highest BCUT2D eigenvalue weighted by Crippen LogP contribution is 2.21. The van der Waals surface area contributed by atoms with E-state index in [1.54, 1.807) is 0 Å². The molecule has 16 heavy (non-hydrogen) atoms. The van der Waals surface area contributed by atoms with Gasteiger partial charge in [0.1, 0.15) is 0 Å². The summed E-state index contributed by atoms with van der Waals surface area (Å²) in [6.07, 6.45) is 0. The second-order valence-corrected chi connectivity index (χ2v) is 4.82. The van der Waals surface area contributed by atoms with Gasteiger partial charge >= 0.3 is 0 Å². The molecule has 0 aliphatic rings. The summed E-state index contributed by atoms with van der Waals surface area (Å²) in [5, 5.41) is 2.84. The standard InChI is InChI=1S/C12H17ClN2O/c1-8-5-6-10(9(2)14-8)15-11(16)12(3,4)7-13/h5-6H,7H2,1-4H3,(H,15,16). The summed E-state index contributed by atoms with van der Waals surface area (Å²) in [7, 11) is 0. The molecule has 1 amide bonds. The van der Waals surface area contributed by atoms with Crippen molar-refractivity contribution in [2.24, 2.45) is 5.41 Å². The van der Waals surface area contributed by atoms with Gasteiger partial charge in [-0.3, -0.25) is 9.78 Å². The third kappa shape index (κ3) is 2.95. The van der Waals surface area contributed by atoms with Crippen LogP contribution in [0.15, 0.2) is 12.1 Å². The number of aryl methyl sites for hydroxylation is 2. The van der Waals surface area contributed by atoms with Gasteiger partial charge < -0.3 is 5.32 Å². The highest BCUT2D eigenvalue weighted by molar-refractivity contribution is 6.20. The molecule has 88 valence electrons. The number of nitrogens with zero attached hydrogens (tertiary/aromatic N) is 1. The van der Waals surface area contributed by atoms with Crippen LogP contribution in [0.5, 0.6) is 0 Å². The molecule has 0 aliphatic carbocycles. The molecule has 4 heteroatoms. The van der Waals surface area contributed by atoms with Gasteiger partial charge in [0.25, 0.3) is 0 Å². The third-order valence-electron chi connectivity index (χ3n) is 2.42. The Labute approximate surface area is 101 Å². The molecule has 0 saturated carbocycles. The van der Waals surface area contributed by atoms with E-state index in [2.05, 4.69) is 10.3 Å². The van der Waals surface area contributed by atoms with Crippen molar-refractivity contribution < 1.29 is 4.79 Å². The molecule has 0 radical (unpaired) electrons. The fraction of sp³-hybridized carbons (Fsp3) is 0.500. The first kappa shape index (κ1) is 13.0. The van der Waals surface area contributed by atoms with Gasteiger partial charge in [-0.25, -0.2) is 0 Å². The van der Waals surface area contributed by atoms with Crippen LogP contribution in [0.3, 0.4) is 0 Å². The molecule has 0 atom stereocenters. The van der Waals surface area contributed by atoms with E-state index < -0.39 is 5.41 Å². The molecule has 0 aliphatic heterocycles. The Morgan fingerprint density at radius 2 is 2.06 bits per heavy atom. The monoisotopic (exact) mass is 240 g/mol. The Kier molecular flexibility index (Phi) is 3.92. The lowest BCUT2D eigenvalue weighted by molar-refractivity contribution is -0.122. The molecule has 1 heterocycles. The maximum Gasteiger partial charge on any atom is 0.231 e. The Hall–Kier alpha value is -1.09. The van der Waals surface area contributed by atoms with Crippen LogP contribution in [-0.2, 0) is 4.79 Å². The quantitative estimate of drug-likeness (QED) is 0.826. The first-order chi connectivity index (χ1) is 7.36. The minimum absolute atomic E-state index is 0.0868. The van der Waals surface area contributed by atoms with Crippen molar-refractivity contribution in [3.63, 3.8) is 0 Å². The van der Waals surface area contributed by atoms with Gasteiger partial charge in [-0.2, -0.15) is 0 Å². The number of anilines is 1. The van der Waals surface area contributed by atoms with E-state index in [4.69, 9.17) is 11.6 Å². The van der Waals surface area contributed by atoms with Gasteiger partial charge in [0, 0.05) is 11.6 Å². The van der Waals surface area contributed by atoms with Crippen molar-refractivity contribution in [1.29, 1.82) is 0 Å². The number of halogens is 1. The summed E-state index contributed by atoms with van der Waals surface area (Å²) in [5.41, 5.74) is 1.93. The molecule has 1 N–H and O–H groups in total. The first-order valence-electron chi connectivity index (χ1n) is 5.18. The number of hydrogen-bond acceptors (Lipinski definition) is 2. The van der Waals surface area contributed by atoms with Gasteiger partial charge in [0.2, 0.25) is 5.91 Å². The van der Waals surface area contributed by atoms with Crippen LogP contribution in [0.2, 0.25) is 0 Å². The second-order valence-electron chi connectivity index (χ2n) is 4.56. The number of carbonyl (C=O) groups excluding carboxylic acids is 1. The lowest BCUT2D eigenvalue weighted by Gasteiger charge is -2.20. The summed E-state index contributed by atoms with van der Waals surface area (Å²) in [4.78, 5) is 16.2. The molecule has 0 spiro atoms. The third-order valence-corrected chi connectivity index (χ3v) is 3.09. The van der Waals surface area contributed by atoms with E-state index in [9.17, 15) is 4.79 Å². The fourth-order valence-electron chi connectivity index (χ4n) is 1.17. The Bertz CT molecular complexity index is 402. The van der Waals surface area contributed by atoms with Crippen LogP contribution >= 0.6 is 11.6 Å². The number of carbonyl (C=O) groups is 1. The van der Waals surface area contributed by atoms with E-state index in [1.807, 2.05) is 39.8 Å². The first-order valence-corrected chi connectivity index (χ1v) is 5.72. The molecule has 1 rings (SSSR count). The topological polar surface area (TPSA) is 42.0 Å². The molecule has 0 bridgehead atoms. The summed E-state index contributed by atoms with van der Waals surface area (Å²) in [6.45, 7) is 7.41. The van der Waals surface area contributed by atoms with Gasteiger partial charge in [-0.15, -0.1) is 11.6 Å². The predicted molar refractivity (Wildman–Crippen MR) is 66.8 cm³/mol. The Morgan fingerprint density at radius 1 is 1.44 bits per heavy atom. The molecule has 3 nitrogen and oxygen atoms in total. The number of amides is 1. The molecular formula is C12H17ClN2O. The van der Waals surface area contributed by atoms with Crippen molar-refractivity contribution >= 4 is 23.2 Å². The Balaban J connectivity index is 2.85. The maximum atomic E-state index is 11.9. The average molecular weight is 241 g/mol. The van der Waals surface area contributed by atoms with Gasteiger partial charge in [-0.1, -0.05) is 0 Å². The minimum atomic E-state index is -0.571. The number of pyridine rings is 1. The maximum absolute atomic E-state index is 11.9. The van der Waals surface area contributed by atoms with Crippen LogP contribution in [-0.4, -0.2) is 16.8 Å². The van der Waals surface area contributed by atoms with Crippen molar-refractivity contribution in [2.45, 2.75) is 27.7 Å². The van der Waals surface area contributed by atoms with Gasteiger partial charge in [0.05, 0.1) is 16.8 Å². The van der Waals surface area contributed by atoms with E-state index in [-0.39, 0.29) is 11.8 Å². The number of hydrogen-bond donors (Lipinski definition) is 1. The highest BCUT2D eigenvalue weighted by atomic mass is 35.5. The number of alkyl halides is 1. The van der Waals surface area contributed by atoms with Crippen molar-refractivity contribution in [3.8, 4) is 0 Å². The average Bonchev–Trinajstić information content (AvgIpc) is 2.22. The largest absolute Gasteiger partial charge is 0.324 e. The second kappa shape index (κ2) is 4.83. The predicted octanol–water partition coefficient (Wildman–Crippen LogP) is 2.90. The van der Waals surface area contributed by atoms with Crippen LogP contribution in [0.25, 0.3) is 0 Å². The van der Waals surface area contributed by atoms with Crippen LogP contribution in [0.4, 0.5) is 5.69 Å². The van der Waals surface area contributed by atoms with Crippen molar-refractivity contribution in [1.82, 2.24) is 4.98 Å². The molecule has 1 aromatic rings. The van der Waals surface area contributed by atoms with E-state index in [1.165, 1.54) is 0 Å². The van der Waals surface area contributed by atoms with E-state index >= 15 is 0 Å². The van der Waals surface area contributed by atoms with Crippen LogP contribution in [0.1, 0.15) is 25.2 Å². The Morgan fingerprint density at radius 3 is 2.56 bits per heavy atom. The number of rotatable bonds is 3. The number of aromatic nitrogens is 1. The molecule has 0 fully saturated rings. The zero-order valence-electron chi connectivity index (χ0n) is 10.1. The lowest BCUT2D eigenvalue weighted by Crippen LogP contribution is -2.32. The summed E-state index contributed by atoms with van der Waals surface area (Å²) in [5.74, 6) is 0.202. The fourth-order valence-corrected chi connectivity index (χ4v) is 1.29. The van der Waals surface area contributed by atoms with Crippen LogP contribution in [0, 0.1) is 19.3 Å². The minimum Gasteiger partial charge on any atom is -0.324 e. The highest BCUT2D eigenvalue weighted by Gasteiger charge is 2.26. The molecule has 0 saturated heterocycles. The summed E-state index contributed by atoms with van der Waals surface area (Å²) in [6, 6.07) is 3.73. The van der Waals surface area contributed by atoms with Crippen molar-refractivity contribution in [3.05, 3.63) is 23.5 Å². The molecule has 1 aromatic heterocycles. The molecular weight excluding hydrogens is 224 g/mol. The van der Waals surface area contributed by atoms with Crippen LogP contribution < -0.4 is 5.32 Å². The van der Waals surface area contributed by atoms with E-state index in [0.29, 0.717) is 0 Å². The van der Waals surface area contributed by atoms with Gasteiger partial charge in [0.15, 0.2) is 0 Å².